The zero-order chi connectivity index (χ0) is 32.1. The van der Waals surface area contributed by atoms with Crippen molar-refractivity contribution in [1.29, 1.82) is 0 Å². The molecule has 11 heteroatoms. The maximum atomic E-state index is 14.1. The van der Waals surface area contributed by atoms with Crippen molar-refractivity contribution in [3.63, 3.8) is 0 Å². The molecule has 0 saturated heterocycles. The number of nitrogens with two attached hydrogens (primary N) is 1. The molecule has 0 radical (unpaired) electrons. The van der Waals surface area contributed by atoms with Gasteiger partial charge in [0.15, 0.2) is 34.7 Å². The molecule has 0 heterocycles. The number of amides is 1. The Bertz CT molecular complexity index is 1570. The number of hydrogen-bond acceptors (Lipinski definition) is 10. The Morgan fingerprint density at radius 1 is 1.09 bits per heavy atom. The third-order valence-corrected chi connectivity index (χ3v) is 9.29. The lowest BCUT2D eigenvalue weighted by atomic mass is 9.52. The van der Waals surface area contributed by atoms with Gasteiger partial charge in [0, 0.05) is 44.4 Å². The quantitative estimate of drug-likeness (QED) is 0.250. The SMILES string of the molecule is CN(C)c1cc(CNCC=Cc2ccccc2)c(O)c2c1C[C@H]1C[C@H]3[C@H](N(C)C)C(=O)C(C(N)=O)C(=O)[C@@]3(O)C(=O)C1C2=O. The molecule has 2 fully saturated rings. The number of carbonyl (C=O) groups is 5. The van der Waals surface area contributed by atoms with E-state index < -0.39 is 64.4 Å². The number of hydrogen-bond donors (Lipinski definition) is 4. The van der Waals surface area contributed by atoms with Crippen LogP contribution >= 0.6 is 0 Å². The summed E-state index contributed by atoms with van der Waals surface area (Å²) in [6.45, 7) is 0.717. The fraction of sp³-hybridized carbons (Fsp3) is 0.424. The molecule has 0 spiro atoms. The molecule has 2 aromatic carbocycles. The number of nitrogens with zero attached hydrogens (tertiary/aromatic N) is 2. The summed E-state index contributed by atoms with van der Waals surface area (Å²) in [5.41, 5.74) is 5.39. The number of rotatable bonds is 8. The number of ketones is 4. The van der Waals surface area contributed by atoms with Gasteiger partial charge < -0.3 is 26.2 Å². The van der Waals surface area contributed by atoms with E-state index in [2.05, 4.69) is 5.32 Å². The second kappa shape index (κ2) is 11.7. The predicted molar refractivity (Wildman–Crippen MR) is 163 cm³/mol. The first-order chi connectivity index (χ1) is 20.8. The highest BCUT2D eigenvalue weighted by Crippen LogP contribution is 2.52. The highest BCUT2D eigenvalue weighted by Gasteiger charge is 2.69. The third-order valence-electron chi connectivity index (χ3n) is 9.29. The summed E-state index contributed by atoms with van der Waals surface area (Å²) in [7, 11) is 6.75. The highest BCUT2D eigenvalue weighted by molar-refractivity contribution is 6.32. The Balaban J connectivity index is 1.50. The second-order valence-corrected chi connectivity index (χ2v) is 12.4. The minimum absolute atomic E-state index is 0.00851. The van der Waals surface area contributed by atoms with Crippen molar-refractivity contribution in [2.45, 2.75) is 31.0 Å². The number of fused-ring (bicyclic) bond motifs is 3. The number of aromatic hydroxyl groups is 1. The fourth-order valence-corrected chi connectivity index (χ4v) is 7.29. The normalized spacial score (nSPS) is 28.2. The first kappa shape index (κ1) is 31.2. The second-order valence-electron chi connectivity index (χ2n) is 12.4. The molecule has 6 atom stereocenters. The van der Waals surface area contributed by atoms with Gasteiger partial charge in [0.2, 0.25) is 5.91 Å². The van der Waals surface area contributed by atoms with Gasteiger partial charge in [-0.15, -0.1) is 0 Å². The number of nitrogens with one attached hydrogen (secondary N) is 1. The summed E-state index contributed by atoms with van der Waals surface area (Å²) >= 11 is 0. The molecule has 44 heavy (non-hydrogen) atoms. The molecule has 1 amide bonds. The van der Waals surface area contributed by atoms with Crippen LogP contribution in [0.4, 0.5) is 5.69 Å². The molecule has 2 unspecified atom stereocenters. The first-order valence-electron chi connectivity index (χ1n) is 14.6. The number of anilines is 1. The minimum Gasteiger partial charge on any atom is -0.507 e. The van der Waals surface area contributed by atoms with E-state index in [0.29, 0.717) is 23.4 Å². The molecule has 11 nitrogen and oxygen atoms in total. The van der Waals surface area contributed by atoms with Gasteiger partial charge in [0.1, 0.15) is 5.75 Å². The molecule has 0 aliphatic heterocycles. The predicted octanol–water partition coefficient (Wildman–Crippen LogP) is 0.736. The van der Waals surface area contributed by atoms with Gasteiger partial charge in [-0.05, 0) is 50.0 Å². The molecule has 2 aromatic rings. The summed E-state index contributed by atoms with van der Waals surface area (Å²) in [5, 5.41) is 26.4. The molecule has 3 aliphatic carbocycles. The number of aliphatic hydroxyl groups is 1. The lowest BCUT2D eigenvalue weighted by Gasteiger charge is -2.52. The van der Waals surface area contributed by atoms with E-state index in [9.17, 15) is 34.2 Å². The number of Topliss-reactive ketones (excluding diaryl/α,β-unsaturated/α-hetero) is 4. The van der Waals surface area contributed by atoms with Gasteiger partial charge in [-0.3, -0.25) is 28.9 Å². The van der Waals surface area contributed by atoms with E-state index >= 15 is 0 Å². The van der Waals surface area contributed by atoms with Crippen LogP contribution in [0.1, 0.15) is 33.5 Å². The molecule has 2 saturated carbocycles. The Morgan fingerprint density at radius 3 is 2.39 bits per heavy atom. The van der Waals surface area contributed by atoms with Crippen LogP contribution in [0.15, 0.2) is 42.5 Å². The molecule has 0 bridgehead atoms. The topological polar surface area (TPSA) is 170 Å². The first-order valence-corrected chi connectivity index (χ1v) is 14.6. The van der Waals surface area contributed by atoms with Crippen molar-refractivity contribution >= 4 is 40.8 Å². The zero-order valence-electron chi connectivity index (χ0n) is 25.2. The van der Waals surface area contributed by atoms with Gasteiger partial charge >= 0.3 is 0 Å². The van der Waals surface area contributed by atoms with Crippen LogP contribution in [-0.2, 0) is 32.1 Å². The van der Waals surface area contributed by atoms with E-state index in [0.717, 1.165) is 5.56 Å². The summed E-state index contributed by atoms with van der Waals surface area (Å²) in [5.74, 6) is -10.5. The Kier molecular flexibility index (Phi) is 8.32. The summed E-state index contributed by atoms with van der Waals surface area (Å²) in [6, 6.07) is 10.5. The number of carbonyl (C=O) groups excluding carboxylic acids is 5. The van der Waals surface area contributed by atoms with Crippen LogP contribution in [0.5, 0.6) is 5.75 Å². The molecular formula is C33H38N4O7. The Hall–Kier alpha value is -4.19. The number of benzene rings is 2. The maximum Gasteiger partial charge on any atom is 0.235 e. The van der Waals surface area contributed by atoms with E-state index in [1.807, 2.05) is 67.5 Å². The lowest BCUT2D eigenvalue weighted by molar-refractivity contribution is -0.181. The largest absolute Gasteiger partial charge is 0.507 e. The van der Waals surface area contributed by atoms with Crippen LogP contribution in [-0.4, -0.2) is 90.5 Å². The van der Waals surface area contributed by atoms with Crippen molar-refractivity contribution in [3.05, 3.63) is 64.7 Å². The van der Waals surface area contributed by atoms with E-state index in [1.165, 1.54) is 4.90 Å². The van der Waals surface area contributed by atoms with Crippen LogP contribution in [0.2, 0.25) is 0 Å². The molecular weight excluding hydrogens is 564 g/mol. The molecule has 0 aromatic heterocycles. The molecule has 5 N–H and O–H groups in total. The maximum absolute atomic E-state index is 14.1. The molecule has 5 rings (SSSR count). The number of likely N-dealkylation sites (N-methyl/N-ethyl adjacent to an activating group) is 1. The fourth-order valence-electron chi connectivity index (χ4n) is 7.29. The van der Waals surface area contributed by atoms with Gasteiger partial charge in [-0.25, -0.2) is 0 Å². The third kappa shape index (κ3) is 4.94. The van der Waals surface area contributed by atoms with E-state index in [4.69, 9.17) is 5.73 Å². The summed E-state index contributed by atoms with van der Waals surface area (Å²) in [6.07, 6.45) is 4.12. The average Bonchev–Trinajstić information content (AvgIpc) is 2.95. The van der Waals surface area contributed by atoms with Crippen molar-refractivity contribution < 1.29 is 34.2 Å². The summed E-state index contributed by atoms with van der Waals surface area (Å²) in [4.78, 5) is 70.4. The van der Waals surface area contributed by atoms with Crippen LogP contribution in [0.3, 0.4) is 0 Å². The van der Waals surface area contributed by atoms with Crippen molar-refractivity contribution in [2.75, 3.05) is 39.6 Å². The van der Waals surface area contributed by atoms with Crippen LogP contribution in [0, 0.1) is 23.7 Å². The Morgan fingerprint density at radius 2 is 1.77 bits per heavy atom. The average molecular weight is 603 g/mol. The standard InChI is InChI=1S/C33H38N4O7/c1-36(2)22-15-19(16-35-12-8-11-17-9-6-5-7-10-17)27(38)24-20(22)13-18-14-21-26(37(3)4)29(40)25(32(34)43)31(42)33(21,44)30(41)23(18)28(24)39/h5-11,15,18,21,23,25-26,35,38,44H,12-14,16H2,1-4H3,(H2,34,43)/t18-,21-,23?,25?,26-,33-/m0/s1. The van der Waals surface area contributed by atoms with Gasteiger partial charge in [-0.2, -0.15) is 0 Å². The van der Waals surface area contributed by atoms with Gasteiger partial charge in [0.05, 0.1) is 17.5 Å². The van der Waals surface area contributed by atoms with Crippen LogP contribution < -0.4 is 16.0 Å². The monoisotopic (exact) mass is 602 g/mol. The number of phenols is 1. The van der Waals surface area contributed by atoms with E-state index in [1.54, 1.807) is 14.1 Å². The summed E-state index contributed by atoms with van der Waals surface area (Å²) < 4.78 is 0. The Labute approximate surface area is 255 Å². The van der Waals surface area contributed by atoms with Gasteiger partial charge in [-0.1, -0.05) is 42.5 Å². The van der Waals surface area contributed by atoms with Gasteiger partial charge in [0.25, 0.3) is 0 Å². The number of primary amides is 1. The van der Waals surface area contributed by atoms with Crippen molar-refractivity contribution in [2.24, 2.45) is 29.4 Å². The lowest BCUT2D eigenvalue weighted by Crippen LogP contribution is -2.74. The van der Waals surface area contributed by atoms with E-state index in [-0.39, 0.29) is 30.7 Å². The molecule has 232 valence electrons. The van der Waals surface area contributed by atoms with Crippen LogP contribution in [0.25, 0.3) is 6.08 Å². The van der Waals surface area contributed by atoms with Crippen molar-refractivity contribution in [1.82, 2.24) is 10.2 Å². The smallest absolute Gasteiger partial charge is 0.235 e. The number of phenolic OH excluding ortho intramolecular Hbond substituents is 1. The minimum atomic E-state index is -2.75. The molecule has 3 aliphatic rings. The zero-order valence-corrected chi connectivity index (χ0v) is 25.2. The highest BCUT2D eigenvalue weighted by atomic mass is 16.3. The van der Waals surface area contributed by atoms with Crippen molar-refractivity contribution in [3.8, 4) is 5.75 Å².